The molecule has 2 fully saturated rings. The molecule has 2 saturated heterocycles. The number of piperidine rings is 1. The van der Waals surface area contributed by atoms with Gasteiger partial charge in [-0.05, 0) is 87.1 Å². The Hall–Kier alpha value is -3.00. The molecule has 6 nitrogen and oxygen atoms in total. The van der Waals surface area contributed by atoms with E-state index in [2.05, 4.69) is 15.5 Å². The third-order valence-electron chi connectivity index (χ3n) is 6.68. The summed E-state index contributed by atoms with van der Waals surface area (Å²) in [5.41, 5.74) is 2.38. The Morgan fingerprint density at radius 1 is 0.941 bits per heavy atom. The molecule has 4 rings (SSSR count). The maximum atomic E-state index is 13.4. The number of thiocarbonyl (C=S) groups is 1. The molecule has 34 heavy (non-hydrogen) atoms. The Morgan fingerprint density at radius 2 is 1.56 bits per heavy atom. The molecule has 0 saturated carbocycles. The lowest BCUT2D eigenvalue weighted by Crippen LogP contribution is -2.54. The highest BCUT2D eigenvalue weighted by atomic mass is 32.1. The zero-order valence-corrected chi connectivity index (χ0v) is 20.2. The van der Waals surface area contributed by atoms with E-state index in [0.29, 0.717) is 23.8 Å². The van der Waals surface area contributed by atoms with Crippen molar-refractivity contribution in [3.8, 4) is 0 Å². The molecule has 8 heteroatoms. The zero-order valence-electron chi connectivity index (χ0n) is 19.4. The van der Waals surface area contributed by atoms with Crippen LogP contribution < -0.4 is 10.6 Å². The summed E-state index contributed by atoms with van der Waals surface area (Å²) in [5.74, 6) is -0.456. The highest BCUT2D eigenvalue weighted by molar-refractivity contribution is 7.80. The number of nitrogens with zero attached hydrogens (tertiary/aromatic N) is 2. The first-order chi connectivity index (χ1) is 16.4. The second-order valence-electron chi connectivity index (χ2n) is 9.11. The number of hydrogen-bond donors (Lipinski definition) is 2. The molecule has 0 bridgehead atoms. The molecule has 0 spiro atoms. The van der Waals surface area contributed by atoms with Crippen molar-refractivity contribution < 1.29 is 14.0 Å². The Labute approximate surface area is 205 Å². The lowest BCUT2D eigenvalue weighted by atomic mass is 9.88. The van der Waals surface area contributed by atoms with Crippen molar-refractivity contribution in [1.82, 2.24) is 15.1 Å². The maximum absolute atomic E-state index is 13.4. The highest BCUT2D eigenvalue weighted by Crippen LogP contribution is 2.25. The number of likely N-dealkylation sites (tertiary alicyclic amines) is 2. The third kappa shape index (κ3) is 5.91. The predicted molar refractivity (Wildman–Crippen MR) is 135 cm³/mol. The number of amides is 2. The van der Waals surface area contributed by atoms with Crippen LogP contribution in [0.25, 0.3) is 0 Å². The van der Waals surface area contributed by atoms with Crippen LogP contribution in [0.1, 0.15) is 41.6 Å². The summed E-state index contributed by atoms with van der Waals surface area (Å²) >= 11 is 5.55. The molecule has 180 valence electrons. The van der Waals surface area contributed by atoms with Crippen molar-refractivity contribution in [2.75, 3.05) is 31.5 Å². The first kappa shape index (κ1) is 24.1. The number of anilines is 1. The van der Waals surface area contributed by atoms with Gasteiger partial charge in [0, 0.05) is 37.4 Å². The van der Waals surface area contributed by atoms with Crippen molar-refractivity contribution in [3.63, 3.8) is 0 Å². The number of halogens is 1. The first-order valence-electron chi connectivity index (χ1n) is 11.9. The van der Waals surface area contributed by atoms with Crippen LogP contribution in [-0.2, 0) is 4.79 Å². The van der Waals surface area contributed by atoms with Gasteiger partial charge in [-0.15, -0.1) is 0 Å². The minimum Gasteiger partial charge on any atom is -0.349 e. The Balaban J connectivity index is 1.40. The number of carbonyl (C=O) groups is 2. The van der Waals surface area contributed by atoms with E-state index in [0.717, 1.165) is 50.0 Å². The largest absolute Gasteiger partial charge is 0.349 e. The molecule has 2 aliphatic heterocycles. The summed E-state index contributed by atoms with van der Waals surface area (Å²) in [6, 6.07) is 12.9. The molecule has 2 N–H and O–H groups in total. The van der Waals surface area contributed by atoms with Gasteiger partial charge in [-0.2, -0.15) is 0 Å². The smallest absolute Gasteiger partial charge is 0.251 e. The van der Waals surface area contributed by atoms with Crippen LogP contribution in [0.2, 0.25) is 0 Å². The first-order valence-corrected chi connectivity index (χ1v) is 12.3. The van der Waals surface area contributed by atoms with Crippen LogP contribution in [0.4, 0.5) is 10.1 Å². The summed E-state index contributed by atoms with van der Waals surface area (Å²) < 4.78 is 13.2. The predicted octanol–water partition coefficient (Wildman–Crippen LogP) is 3.96. The van der Waals surface area contributed by atoms with Gasteiger partial charge < -0.3 is 20.4 Å². The van der Waals surface area contributed by atoms with E-state index in [-0.39, 0.29) is 23.5 Å². The average Bonchev–Trinajstić information content (AvgIpc) is 3.39. The lowest BCUT2D eigenvalue weighted by molar-refractivity contribution is -0.134. The molecule has 2 aromatic rings. The summed E-state index contributed by atoms with van der Waals surface area (Å²) in [6.45, 7) is 4.84. The van der Waals surface area contributed by atoms with Crippen LogP contribution in [0, 0.1) is 18.7 Å². The van der Waals surface area contributed by atoms with E-state index in [9.17, 15) is 14.0 Å². The summed E-state index contributed by atoms with van der Waals surface area (Å²) in [7, 11) is 0. The zero-order chi connectivity index (χ0) is 24.1. The molecule has 0 radical (unpaired) electrons. The number of carbonyl (C=O) groups excluding carboxylic acids is 2. The maximum Gasteiger partial charge on any atom is 0.251 e. The molecule has 0 aromatic heterocycles. The second-order valence-corrected chi connectivity index (χ2v) is 9.50. The number of nitrogens with one attached hydrogen (secondary N) is 2. The van der Waals surface area contributed by atoms with Crippen LogP contribution in [-0.4, -0.2) is 58.9 Å². The minimum absolute atomic E-state index is 0.0171. The fourth-order valence-corrected chi connectivity index (χ4v) is 4.92. The van der Waals surface area contributed by atoms with E-state index >= 15 is 0 Å². The Morgan fingerprint density at radius 3 is 2.18 bits per heavy atom. The van der Waals surface area contributed by atoms with Gasteiger partial charge in [0.05, 0.1) is 0 Å². The quantitative estimate of drug-likeness (QED) is 0.632. The molecule has 0 aliphatic carbocycles. The summed E-state index contributed by atoms with van der Waals surface area (Å²) in [5, 5.41) is 6.79. The van der Waals surface area contributed by atoms with Gasteiger partial charge in [-0.3, -0.25) is 9.59 Å². The Bertz CT molecular complexity index is 1010. The average molecular weight is 483 g/mol. The van der Waals surface area contributed by atoms with E-state index in [4.69, 9.17) is 12.2 Å². The topological polar surface area (TPSA) is 64.7 Å². The standard InChI is InChI=1S/C26H31FN4O2S/c1-18-4-6-20(7-5-18)24(32)29-23(25(33)30-14-2-3-15-30)19-12-16-31(17-13-19)26(34)28-22-10-8-21(27)9-11-22/h4-11,19,23H,2-3,12-17H2,1H3,(H,28,34)(H,29,32)/t23-/m1/s1. The van der Waals surface area contributed by atoms with Gasteiger partial charge >= 0.3 is 0 Å². The number of aryl methyl sites for hydroxylation is 1. The summed E-state index contributed by atoms with van der Waals surface area (Å²) in [4.78, 5) is 30.3. The van der Waals surface area contributed by atoms with Crippen molar-refractivity contribution in [2.45, 2.75) is 38.6 Å². The number of benzene rings is 2. The van der Waals surface area contributed by atoms with Gasteiger partial charge in [0.2, 0.25) is 5.91 Å². The summed E-state index contributed by atoms with van der Waals surface area (Å²) in [6.07, 6.45) is 3.49. The lowest BCUT2D eigenvalue weighted by Gasteiger charge is -2.38. The Kier molecular flexibility index (Phi) is 7.77. The third-order valence-corrected chi connectivity index (χ3v) is 7.04. The molecule has 2 amide bonds. The van der Waals surface area contributed by atoms with Gasteiger partial charge in [-0.25, -0.2) is 4.39 Å². The fraction of sp³-hybridized carbons (Fsp3) is 0.423. The SMILES string of the molecule is Cc1ccc(C(=O)N[C@@H](C(=O)N2CCCC2)C2CCN(C(=S)Nc3ccc(F)cc3)CC2)cc1. The molecule has 2 heterocycles. The number of hydrogen-bond acceptors (Lipinski definition) is 3. The normalized spacial score (nSPS) is 17.4. The van der Waals surface area contributed by atoms with E-state index in [1.165, 1.54) is 12.1 Å². The van der Waals surface area contributed by atoms with Crippen LogP contribution >= 0.6 is 12.2 Å². The van der Waals surface area contributed by atoms with Gasteiger partial charge in [0.25, 0.3) is 5.91 Å². The van der Waals surface area contributed by atoms with E-state index in [1.807, 2.05) is 24.0 Å². The second kappa shape index (κ2) is 11.0. The van der Waals surface area contributed by atoms with Gasteiger partial charge in [0.1, 0.15) is 11.9 Å². The highest BCUT2D eigenvalue weighted by Gasteiger charge is 2.36. The van der Waals surface area contributed by atoms with Crippen molar-refractivity contribution in [3.05, 3.63) is 65.5 Å². The molecular formula is C26H31FN4O2S. The monoisotopic (exact) mass is 482 g/mol. The van der Waals surface area contributed by atoms with Gasteiger partial charge in [-0.1, -0.05) is 17.7 Å². The molecule has 1 atom stereocenters. The molecular weight excluding hydrogens is 451 g/mol. The van der Waals surface area contributed by atoms with E-state index in [1.54, 1.807) is 24.3 Å². The minimum atomic E-state index is -0.548. The van der Waals surface area contributed by atoms with Gasteiger partial charge in [0.15, 0.2) is 5.11 Å². The van der Waals surface area contributed by atoms with Crippen LogP contribution in [0.3, 0.4) is 0 Å². The molecule has 2 aliphatic rings. The fourth-order valence-electron chi connectivity index (χ4n) is 4.62. The molecule has 0 unspecified atom stereocenters. The van der Waals surface area contributed by atoms with Crippen molar-refractivity contribution in [1.29, 1.82) is 0 Å². The van der Waals surface area contributed by atoms with Crippen LogP contribution in [0.5, 0.6) is 0 Å². The van der Waals surface area contributed by atoms with Crippen LogP contribution in [0.15, 0.2) is 48.5 Å². The van der Waals surface area contributed by atoms with E-state index < -0.39 is 6.04 Å². The number of rotatable bonds is 5. The van der Waals surface area contributed by atoms with Crippen molar-refractivity contribution in [2.24, 2.45) is 5.92 Å². The molecule has 2 aromatic carbocycles. The van der Waals surface area contributed by atoms with Crippen molar-refractivity contribution >= 4 is 34.8 Å².